The monoisotopic (exact) mass is 243 g/mol. The predicted octanol–water partition coefficient (Wildman–Crippen LogP) is 1.61. The molecule has 1 atom stereocenters. The summed E-state index contributed by atoms with van der Waals surface area (Å²) >= 11 is 0. The Balaban J connectivity index is 2.34. The molecule has 17 heavy (non-hydrogen) atoms. The molecule has 1 fully saturated rings. The van der Waals surface area contributed by atoms with E-state index in [0.29, 0.717) is 6.04 Å². The van der Waals surface area contributed by atoms with Crippen molar-refractivity contribution in [1.29, 1.82) is 0 Å². The number of rotatable bonds is 4. The Kier molecular flexibility index (Phi) is 5.92. The number of nitrogens with one attached hydrogen (secondary N) is 1. The van der Waals surface area contributed by atoms with Gasteiger partial charge in [0.05, 0.1) is 7.11 Å². The van der Waals surface area contributed by atoms with E-state index in [1.54, 1.807) is 0 Å². The lowest BCUT2D eigenvalue weighted by Crippen LogP contribution is -2.48. The minimum absolute atomic E-state index is 0.268. The fourth-order valence-corrected chi connectivity index (χ4v) is 2.30. The van der Waals surface area contributed by atoms with Crippen molar-refractivity contribution in [2.24, 2.45) is 0 Å². The van der Waals surface area contributed by atoms with Crippen molar-refractivity contribution in [3.05, 3.63) is 0 Å². The van der Waals surface area contributed by atoms with E-state index in [0.717, 1.165) is 12.8 Å². The van der Waals surface area contributed by atoms with Crippen LogP contribution in [0.25, 0.3) is 0 Å². The second-order valence-corrected chi connectivity index (χ2v) is 5.19. The highest BCUT2D eigenvalue weighted by Crippen LogP contribution is 2.17. The zero-order valence-electron chi connectivity index (χ0n) is 11.0. The number of hydrogen-bond donors (Lipinski definition) is 2. The van der Waals surface area contributed by atoms with Crippen LogP contribution in [-0.2, 0) is 9.53 Å². The molecule has 1 rings (SSSR count). The molecule has 0 bridgehead atoms. The fourth-order valence-electron chi connectivity index (χ4n) is 2.30. The summed E-state index contributed by atoms with van der Waals surface area (Å²) < 4.78 is 4.57. The maximum Gasteiger partial charge on any atom is 0.338 e. The number of methoxy groups -OCH3 is 1. The minimum Gasteiger partial charge on any atom is -0.467 e. The van der Waals surface area contributed by atoms with Gasteiger partial charge in [-0.25, -0.2) is 4.79 Å². The van der Waals surface area contributed by atoms with Crippen LogP contribution in [-0.4, -0.2) is 36.4 Å². The summed E-state index contributed by atoms with van der Waals surface area (Å²) in [6, 6.07) is 0.423. The number of esters is 1. The van der Waals surface area contributed by atoms with Crippen molar-refractivity contribution in [3.8, 4) is 0 Å². The quantitative estimate of drug-likeness (QED) is 0.737. The van der Waals surface area contributed by atoms with E-state index in [9.17, 15) is 9.90 Å². The van der Waals surface area contributed by atoms with Gasteiger partial charge in [-0.2, -0.15) is 0 Å². The molecule has 0 radical (unpaired) electrons. The molecular formula is C13H25NO3. The Bertz CT molecular complexity index is 233. The molecule has 1 aliphatic rings. The largest absolute Gasteiger partial charge is 0.467 e. The molecule has 100 valence electrons. The van der Waals surface area contributed by atoms with Gasteiger partial charge in [0, 0.05) is 12.6 Å². The van der Waals surface area contributed by atoms with E-state index in [2.05, 4.69) is 10.1 Å². The molecular weight excluding hydrogens is 218 g/mol. The number of aliphatic hydroxyl groups is 1. The summed E-state index contributed by atoms with van der Waals surface area (Å²) in [6.07, 6.45) is 8.67. The first-order chi connectivity index (χ1) is 8.06. The average Bonchev–Trinajstić information content (AvgIpc) is 2.26. The second kappa shape index (κ2) is 6.97. The predicted molar refractivity (Wildman–Crippen MR) is 66.7 cm³/mol. The molecule has 0 aromatic heterocycles. The third-order valence-corrected chi connectivity index (χ3v) is 3.47. The zero-order chi connectivity index (χ0) is 12.7. The van der Waals surface area contributed by atoms with Crippen molar-refractivity contribution < 1.29 is 14.6 Å². The van der Waals surface area contributed by atoms with Crippen LogP contribution in [0.3, 0.4) is 0 Å². The second-order valence-electron chi connectivity index (χ2n) is 5.19. The van der Waals surface area contributed by atoms with Crippen molar-refractivity contribution in [2.75, 3.05) is 13.7 Å². The van der Waals surface area contributed by atoms with Crippen LogP contribution in [0, 0.1) is 0 Å². The topological polar surface area (TPSA) is 58.6 Å². The van der Waals surface area contributed by atoms with Crippen molar-refractivity contribution in [2.45, 2.75) is 63.5 Å². The summed E-state index contributed by atoms with van der Waals surface area (Å²) in [5.41, 5.74) is -1.42. The lowest BCUT2D eigenvalue weighted by molar-refractivity contribution is -0.160. The van der Waals surface area contributed by atoms with Gasteiger partial charge in [-0.1, -0.05) is 32.1 Å². The van der Waals surface area contributed by atoms with Crippen molar-refractivity contribution in [3.63, 3.8) is 0 Å². The van der Waals surface area contributed by atoms with Gasteiger partial charge in [-0.15, -0.1) is 0 Å². The van der Waals surface area contributed by atoms with Crippen LogP contribution in [0.1, 0.15) is 51.9 Å². The van der Waals surface area contributed by atoms with E-state index < -0.39 is 11.6 Å². The van der Waals surface area contributed by atoms with Gasteiger partial charge in [0.1, 0.15) is 0 Å². The minimum atomic E-state index is -1.42. The van der Waals surface area contributed by atoms with E-state index in [1.165, 1.54) is 46.1 Å². The Morgan fingerprint density at radius 1 is 1.29 bits per heavy atom. The smallest absolute Gasteiger partial charge is 0.338 e. The molecule has 0 aliphatic heterocycles. The molecule has 1 unspecified atom stereocenters. The van der Waals surface area contributed by atoms with Crippen LogP contribution in [0.2, 0.25) is 0 Å². The molecule has 0 amide bonds. The average molecular weight is 243 g/mol. The van der Waals surface area contributed by atoms with Gasteiger partial charge in [-0.05, 0) is 19.8 Å². The molecule has 0 heterocycles. The van der Waals surface area contributed by atoms with Gasteiger partial charge in [0.15, 0.2) is 5.60 Å². The van der Waals surface area contributed by atoms with Crippen LogP contribution in [0.15, 0.2) is 0 Å². The highest BCUT2D eigenvalue weighted by Gasteiger charge is 2.31. The van der Waals surface area contributed by atoms with E-state index in [4.69, 9.17) is 0 Å². The molecule has 4 nitrogen and oxygen atoms in total. The SMILES string of the molecule is COC(=O)C(C)(O)CNC1CCCCCCC1. The van der Waals surface area contributed by atoms with Gasteiger partial charge in [-0.3, -0.25) is 0 Å². The first-order valence-electron chi connectivity index (χ1n) is 6.60. The van der Waals surface area contributed by atoms with E-state index in [-0.39, 0.29) is 6.54 Å². The summed E-state index contributed by atoms with van der Waals surface area (Å²) in [6.45, 7) is 1.76. The highest BCUT2D eigenvalue weighted by atomic mass is 16.5. The lowest BCUT2D eigenvalue weighted by Gasteiger charge is -2.26. The number of ether oxygens (including phenoxy) is 1. The first-order valence-corrected chi connectivity index (χ1v) is 6.60. The third kappa shape index (κ3) is 5.04. The van der Waals surface area contributed by atoms with Gasteiger partial charge in [0.25, 0.3) is 0 Å². The third-order valence-electron chi connectivity index (χ3n) is 3.47. The van der Waals surface area contributed by atoms with Gasteiger partial charge < -0.3 is 15.2 Å². The van der Waals surface area contributed by atoms with Gasteiger partial charge in [0.2, 0.25) is 0 Å². The molecule has 0 spiro atoms. The van der Waals surface area contributed by atoms with Crippen LogP contribution >= 0.6 is 0 Å². The maximum absolute atomic E-state index is 11.3. The lowest BCUT2D eigenvalue weighted by atomic mass is 9.96. The maximum atomic E-state index is 11.3. The highest BCUT2D eigenvalue weighted by molar-refractivity contribution is 5.78. The Labute approximate surface area is 104 Å². The van der Waals surface area contributed by atoms with Crippen molar-refractivity contribution in [1.82, 2.24) is 5.32 Å². The zero-order valence-corrected chi connectivity index (χ0v) is 11.0. The Morgan fingerprint density at radius 2 is 1.82 bits per heavy atom. The Morgan fingerprint density at radius 3 is 2.35 bits per heavy atom. The molecule has 2 N–H and O–H groups in total. The summed E-state index contributed by atoms with van der Waals surface area (Å²) in [5.74, 6) is -0.573. The first kappa shape index (κ1) is 14.5. The summed E-state index contributed by atoms with van der Waals surface area (Å²) in [7, 11) is 1.30. The standard InChI is InChI=1S/C13H25NO3/c1-13(16,12(15)17-2)10-14-11-8-6-4-3-5-7-9-11/h11,14,16H,3-10H2,1-2H3. The normalized spacial score (nSPS) is 22.3. The molecule has 0 aromatic rings. The molecule has 0 aromatic carbocycles. The number of carbonyl (C=O) groups excluding carboxylic acids is 1. The number of hydrogen-bond acceptors (Lipinski definition) is 4. The summed E-state index contributed by atoms with van der Waals surface area (Å²) in [4.78, 5) is 11.3. The van der Waals surface area contributed by atoms with Crippen LogP contribution in [0.4, 0.5) is 0 Å². The summed E-state index contributed by atoms with van der Waals surface area (Å²) in [5, 5.41) is 13.2. The van der Waals surface area contributed by atoms with Crippen LogP contribution < -0.4 is 5.32 Å². The fraction of sp³-hybridized carbons (Fsp3) is 0.923. The van der Waals surface area contributed by atoms with Crippen LogP contribution in [0.5, 0.6) is 0 Å². The molecule has 1 aliphatic carbocycles. The van der Waals surface area contributed by atoms with E-state index in [1.807, 2.05) is 0 Å². The molecule has 1 saturated carbocycles. The van der Waals surface area contributed by atoms with Gasteiger partial charge >= 0.3 is 5.97 Å². The van der Waals surface area contributed by atoms with Crippen molar-refractivity contribution >= 4 is 5.97 Å². The number of carbonyl (C=O) groups is 1. The Hall–Kier alpha value is -0.610. The molecule has 4 heteroatoms. The van der Waals surface area contributed by atoms with E-state index >= 15 is 0 Å². The molecule has 0 saturated heterocycles.